The van der Waals surface area contributed by atoms with Gasteiger partial charge in [0.2, 0.25) is 5.71 Å². The maximum atomic E-state index is 12.5. The Balaban J connectivity index is 1.84. The summed E-state index contributed by atoms with van der Waals surface area (Å²) in [6.45, 7) is 0. The molecule has 26 heavy (non-hydrogen) atoms. The van der Waals surface area contributed by atoms with Crippen LogP contribution in [0.5, 0.6) is 5.75 Å². The van der Waals surface area contributed by atoms with E-state index in [1.807, 2.05) is 30.3 Å². The number of esters is 1. The Morgan fingerprint density at radius 3 is 2.38 bits per heavy atom. The van der Waals surface area contributed by atoms with Crippen LogP contribution in [0.15, 0.2) is 71.8 Å². The number of nitrogens with zero attached hydrogens (tertiary/aromatic N) is 3. The number of hydrogen-bond donors (Lipinski definition) is 1. The molecule has 0 saturated heterocycles. The highest BCUT2D eigenvalue weighted by Crippen LogP contribution is 2.23. The Labute approximate surface area is 149 Å². The van der Waals surface area contributed by atoms with E-state index < -0.39 is 5.97 Å². The Kier molecular flexibility index (Phi) is 4.88. The summed E-state index contributed by atoms with van der Waals surface area (Å²) in [4.78, 5) is 12.5. The minimum absolute atomic E-state index is 0.236. The molecule has 6 heteroatoms. The topological polar surface area (TPSA) is 98.3 Å². The van der Waals surface area contributed by atoms with E-state index in [0.29, 0.717) is 11.4 Å². The first-order valence-corrected chi connectivity index (χ1v) is 7.65. The summed E-state index contributed by atoms with van der Waals surface area (Å²) < 4.78 is 5.45. The van der Waals surface area contributed by atoms with Gasteiger partial charge in [-0.05, 0) is 35.0 Å². The van der Waals surface area contributed by atoms with Crippen molar-refractivity contribution in [3.05, 3.63) is 72.3 Å². The summed E-state index contributed by atoms with van der Waals surface area (Å²) in [6, 6.07) is 23.0. The van der Waals surface area contributed by atoms with Crippen molar-refractivity contribution >= 4 is 28.1 Å². The number of benzene rings is 3. The minimum atomic E-state index is -0.575. The Morgan fingerprint density at radius 2 is 1.62 bits per heavy atom. The second kappa shape index (κ2) is 7.61. The van der Waals surface area contributed by atoms with Crippen LogP contribution in [0.4, 0.5) is 5.69 Å². The maximum Gasteiger partial charge on any atom is 0.345 e. The smallest absolute Gasteiger partial charge is 0.345 e. The molecule has 0 saturated carbocycles. The van der Waals surface area contributed by atoms with Gasteiger partial charge in [-0.1, -0.05) is 42.5 Å². The summed E-state index contributed by atoms with van der Waals surface area (Å²) in [5.74, 6) is -0.157. The van der Waals surface area contributed by atoms with Crippen molar-refractivity contribution in [3.8, 4) is 17.9 Å². The summed E-state index contributed by atoms with van der Waals surface area (Å²) in [7, 11) is 0. The lowest BCUT2D eigenvalue weighted by Crippen LogP contribution is -2.11. The molecule has 0 amide bonds. The number of hydrazone groups is 1. The number of para-hydroxylation sites is 1. The fourth-order valence-corrected chi connectivity index (χ4v) is 2.34. The number of nitriles is 2. The standard InChI is InChI=1S/C20H12N4O2/c21-12-16(13-22)23-24-19-8-4-3-7-18(19)20(25)26-17-10-9-14-5-1-2-6-15(14)11-17/h1-11,24H. The molecule has 0 unspecified atom stereocenters. The molecule has 0 bridgehead atoms. The zero-order valence-corrected chi connectivity index (χ0v) is 13.5. The average molecular weight is 340 g/mol. The second-order valence-corrected chi connectivity index (χ2v) is 5.24. The molecule has 0 aliphatic heterocycles. The number of carbonyl (C=O) groups excluding carboxylic acids is 1. The van der Waals surface area contributed by atoms with E-state index in [1.165, 1.54) is 0 Å². The first-order valence-electron chi connectivity index (χ1n) is 7.65. The van der Waals surface area contributed by atoms with Gasteiger partial charge in [0.05, 0.1) is 11.3 Å². The summed E-state index contributed by atoms with van der Waals surface area (Å²) in [6.07, 6.45) is 0. The lowest BCUT2D eigenvalue weighted by atomic mass is 10.1. The van der Waals surface area contributed by atoms with E-state index in [-0.39, 0.29) is 11.3 Å². The van der Waals surface area contributed by atoms with E-state index >= 15 is 0 Å². The number of fused-ring (bicyclic) bond motifs is 1. The quantitative estimate of drug-likeness (QED) is 0.336. The third-order valence-electron chi connectivity index (χ3n) is 3.58. The third-order valence-corrected chi connectivity index (χ3v) is 3.58. The predicted molar refractivity (Wildman–Crippen MR) is 97.6 cm³/mol. The molecule has 3 aromatic carbocycles. The van der Waals surface area contributed by atoms with Crippen LogP contribution >= 0.6 is 0 Å². The molecular weight excluding hydrogens is 328 g/mol. The van der Waals surface area contributed by atoms with Crippen LogP contribution in [-0.4, -0.2) is 11.7 Å². The van der Waals surface area contributed by atoms with E-state index in [0.717, 1.165) is 10.8 Å². The zero-order valence-electron chi connectivity index (χ0n) is 13.5. The van der Waals surface area contributed by atoms with Gasteiger partial charge in [0, 0.05) is 0 Å². The van der Waals surface area contributed by atoms with Crippen molar-refractivity contribution in [3.63, 3.8) is 0 Å². The van der Waals surface area contributed by atoms with Crippen molar-refractivity contribution in [2.24, 2.45) is 5.10 Å². The molecule has 6 nitrogen and oxygen atoms in total. The fraction of sp³-hybridized carbons (Fsp3) is 0. The number of hydrogen-bond acceptors (Lipinski definition) is 6. The van der Waals surface area contributed by atoms with Crippen LogP contribution < -0.4 is 10.2 Å². The monoisotopic (exact) mass is 340 g/mol. The average Bonchev–Trinajstić information content (AvgIpc) is 2.69. The molecule has 0 spiro atoms. The lowest BCUT2D eigenvalue weighted by molar-refractivity contribution is 0.0736. The van der Waals surface area contributed by atoms with Gasteiger partial charge >= 0.3 is 5.97 Å². The van der Waals surface area contributed by atoms with Gasteiger partial charge in [-0.25, -0.2) is 4.79 Å². The van der Waals surface area contributed by atoms with Crippen molar-refractivity contribution in [1.29, 1.82) is 10.5 Å². The highest BCUT2D eigenvalue weighted by molar-refractivity contribution is 6.10. The molecule has 0 aromatic heterocycles. The van der Waals surface area contributed by atoms with Crippen LogP contribution in [-0.2, 0) is 0 Å². The molecule has 0 heterocycles. The van der Waals surface area contributed by atoms with E-state index in [2.05, 4.69) is 10.5 Å². The molecule has 124 valence electrons. The summed E-state index contributed by atoms with van der Waals surface area (Å²) in [5.41, 5.74) is 2.78. The van der Waals surface area contributed by atoms with Crippen molar-refractivity contribution in [1.82, 2.24) is 0 Å². The minimum Gasteiger partial charge on any atom is -0.423 e. The fourth-order valence-electron chi connectivity index (χ4n) is 2.34. The number of nitrogens with one attached hydrogen (secondary N) is 1. The third kappa shape index (κ3) is 3.66. The van der Waals surface area contributed by atoms with E-state index in [1.54, 1.807) is 48.5 Å². The Hall–Kier alpha value is -4.16. The SMILES string of the molecule is N#CC(C#N)=NNc1ccccc1C(=O)Oc1ccc2ccccc2c1. The molecule has 0 aliphatic carbocycles. The van der Waals surface area contributed by atoms with Crippen molar-refractivity contribution < 1.29 is 9.53 Å². The van der Waals surface area contributed by atoms with Gasteiger partial charge in [-0.2, -0.15) is 15.6 Å². The zero-order chi connectivity index (χ0) is 18.4. The lowest BCUT2D eigenvalue weighted by Gasteiger charge is -2.09. The molecule has 3 rings (SSSR count). The number of ether oxygens (including phenoxy) is 1. The first kappa shape index (κ1) is 16.7. The largest absolute Gasteiger partial charge is 0.423 e. The van der Waals surface area contributed by atoms with Gasteiger partial charge in [0.15, 0.2) is 0 Å². The Bertz CT molecular complexity index is 1070. The number of rotatable bonds is 4. The molecule has 1 N–H and O–H groups in total. The van der Waals surface area contributed by atoms with Crippen molar-refractivity contribution in [2.45, 2.75) is 0 Å². The van der Waals surface area contributed by atoms with Gasteiger partial charge in [0.1, 0.15) is 17.9 Å². The van der Waals surface area contributed by atoms with Crippen LogP contribution in [0.1, 0.15) is 10.4 Å². The molecule has 0 atom stereocenters. The highest BCUT2D eigenvalue weighted by Gasteiger charge is 2.13. The highest BCUT2D eigenvalue weighted by atomic mass is 16.5. The first-order chi connectivity index (χ1) is 12.7. The van der Waals surface area contributed by atoms with E-state index in [9.17, 15) is 4.79 Å². The second-order valence-electron chi connectivity index (χ2n) is 5.24. The molecule has 0 aliphatic rings. The molecular formula is C20H12N4O2. The normalized spacial score (nSPS) is 9.62. The molecule has 3 aromatic rings. The number of anilines is 1. The van der Waals surface area contributed by atoms with Crippen molar-refractivity contribution in [2.75, 3.05) is 5.43 Å². The Morgan fingerprint density at radius 1 is 0.923 bits per heavy atom. The van der Waals surface area contributed by atoms with Gasteiger partial charge in [-0.15, -0.1) is 0 Å². The molecule has 0 radical (unpaired) electrons. The van der Waals surface area contributed by atoms with Gasteiger partial charge in [-0.3, -0.25) is 5.43 Å². The molecule has 0 fully saturated rings. The van der Waals surface area contributed by atoms with E-state index in [4.69, 9.17) is 15.3 Å². The van der Waals surface area contributed by atoms with Gasteiger partial charge in [0.25, 0.3) is 0 Å². The van der Waals surface area contributed by atoms with Crippen LogP contribution in [0, 0.1) is 22.7 Å². The van der Waals surface area contributed by atoms with Crippen LogP contribution in [0.3, 0.4) is 0 Å². The summed E-state index contributed by atoms with van der Waals surface area (Å²) >= 11 is 0. The summed E-state index contributed by atoms with van der Waals surface area (Å²) in [5, 5.41) is 23.1. The van der Waals surface area contributed by atoms with Crippen LogP contribution in [0.2, 0.25) is 0 Å². The number of carbonyl (C=O) groups is 1. The predicted octanol–water partition coefficient (Wildman–Crippen LogP) is 3.87. The van der Waals surface area contributed by atoms with Gasteiger partial charge < -0.3 is 4.74 Å². The maximum absolute atomic E-state index is 12.5. The van der Waals surface area contributed by atoms with Crippen LogP contribution in [0.25, 0.3) is 10.8 Å².